The fraction of sp³-hybridized carbons (Fsp3) is 0.455. The minimum absolute atomic E-state index is 0.0489. The maximum Gasteiger partial charge on any atom is 0.416 e. The number of halogens is 3. The summed E-state index contributed by atoms with van der Waals surface area (Å²) in [6.07, 6.45) is -0.686. The molecular weight excluding hydrogens is 455 g/mol. The molecule has 2 aromatic rings. The number of benzene rings is 1. The number of thioether (sulfide) groups is 1. The van der Waals surface area contributed by atoms with Crippen molar-refractivity contribution in [3.8, 4) is 0 Å². The van der Waals surface area contributed by atoms with Gasteiger partial charge in [-0.2, -0.15) is 13.2 Å². The van der Waals surface area contributed by atoms with E-state index in [1.54, 1.807) is 6.07 Å². The van der Waals surface area contributed by atoms with Crippen molar-refractivity contribution < 1.29 is 22.8 Å². The Morgan fingerprint density at radius 2 is 1.70 bits per heavy atom. The van der Waals surface area contributed by atoms with Crippen LogP contribution < -0.4 is 15.5 Å². The lowest BCUT2D eigenvalue weighted by Gasteiger charge is -2.31. The molecule has 2 aliphatic rings. The first-order valence-corrected chi connectivity index (χ1v) is 11.8. The molecule has 1 aliphatic carbocycles. The van der Waals surface area contributed by atoms with Crippen LogP contribution in [0.25, 0.3) is 0 Å². The number of carbonyl (C=O) groups is 2. The Balaban J connectivity index is 1.21. The first-order valence-electron chi connectivity index (χ1n) is 10.8. The lowest BCUT2D eigenvalue weighted by Crippen LogP contribution is -2.41. The Bertz CT molecular complexity index is 973. The van der Waals surface area contributed by atoms with Crippen LogP contribution in [0.1, 0.15) is 31.2 Å². The molecule has 11 heteroatoms. The number of alkyl halides is 3. The van der Waals surface area contributed by atoms with Crippen LogP contribution in [0.2, 0.25) is 0 Å². The predicted octanol–water partition coefficient (Wildman–Crippen LogP) is 3.72. The standard InChI is InChI=1S/C22H24F3N5O2S/c23-22(24,25)15-1-3-16(4-2-15)26-19(31)13-33-20-8-7-18(28-29-20)30-11-9-14(10-12-30)21(32)27-17-5-6-17/h1-4,7-8,14,17H,5-6,9-13H2,(H,26,31)(H,27,32). The lowest BCUT2D eigenvalue weighted by molar-refractivity contribution is -0.137. The average Bonchev–Trinajstić information content (AvgIpc) is 3.62. The van der Waals surface area contributed by atoms with Crippen molar-refractivity contribution in [1.29, 1.82) is 0 Å². The first-order chi connectivity index (χ1) is 15.8. The van der Waals surface area contributed by atoms with Crippen LogP contribution in [0.5, 0.6) is 0 Å². The molecule has 1 aromatic heterocycles. The minimum Gasteiger partial charge on any atom is -0.355 e. The number of nitrogens with zero attached hydrogens (tertiary/aromatic N) is 3. The molecule has 1 saturated carbocycles. The Labute approximate surface area is 193 Å². The molecular formula is C22H24F3N5O2S. The van der Waals surface area contributed by atoms with Crippen molar-refractivity contribution in [1.82, 2.24) is 15.5 Å². The van der Waals surface area contributed by atoms with Gasteiger partial charge in [-0.1, -0.05) is 11.8 Å². The van der Waals surface area contributed by atoms with Gasteiger partial charge in [0.05, 0.1) is 11.3 Å². The molecule has 0 atom stereocenters. The van der Waals surface area contributed by atoms with Gasteiger partial charge in [0.15, 0.2) is 5.82 Å². The second-order valence-corrected chi connectivity index (χ2v) is 9.18. The lowest BCUT2D eigenvalue weighted by atomic mass is 9.96. The van der Waals surface area contributed by atoms with E-state index in [1.807, 2.05) is 6.07 Å². The van der Waals surface area contributed by atoms with E-state index in [4.69, 9.17) is 0 Å². The van der Waals surface area contributed by atoms with E-state index in [1.165, 1.54) is 23.9 Å². The molecule has 4 rings (SSSR count). The van der Waals surface area contributed by atoms with E-state index in [-0.39, 0.29) is 23.5 Å². The van der Waals surface area contributed by atoms with Crippen molar-refractivity contribution in [3.05, 3.63) is 42.0 Å². The quantitative estimate of drug-likeness (QED) is 0.589. The fourth-order valence-electron chi connectivity index (χ4n) is 3.56. The molecule has 2 N–H and O–H groups in total. The number of carbonyl (C=O) groups excluding carboxylic acids is 2. The number of amides is 2. The van der Waals surface area contributed by atoms with E-state index >= 15 is 0 Å². The zero-order valence-corrected chi connectivity index (χ0v) is 18.6. The van der Waals surface area contributed by atoms with Gasteiger partial charge in [-0.15, -0.1) is 10.2 Å². The summed E-state index contributed by atoms with van der Waals surface area (Å²) < 4.78 is 37.8. The SMILES string of the molecule is O=C(CSc1ccc(N2CCC(C(=O)NC3CC3)CC2)nn1)Nc1ccc(C(F)(F)F)cc1. The smallest absolute Gasteiger partial charge is 0.355 e. The van der Waals surface area contributed by atoms with Gasteiger partial charge in [-0.3, -0.25) is 9.59 Å². The van der Waals surface area contributed by atoms with Gasteiger partial charge >= 0.3 is 6.18 Å². The molecule has 33 heavy (non-hydrogen) atoms. The summed E-state index contributed by atoms with van der Waals surface area (Å²) in [5, 5.41) is 14.6. The van der Waals surface area contributed by atoms with Gasteiger partial charge in [0.1, 0.15) is 5.03 Å². The average molecular weight is 480 g/mol. The molecule has 1 aromatic carbocycles. The minimum atomic E-state index is -4.41. The molecule has 1 aliphatic heterocycles. The van der Waals surface area contributed by atoms with Crippen molar-refractivity contribution >= 4 is 35.1 Å². The van der Waals surface area contributed by atoms with Crippen molar-refractivity contribution in [2.24, 2.45) is 5.92 Å². The monoisotopic (exact) mass is 479 g/mol. The molecule has 176 valence electrons. The highest BCUT2D eigenvalue weighted by Gasteiger charge is 2.31. The third kappa shape index (κ3) is 6.59. The second kappa shape index (κ2) is 9.98. The molecule has 7 nitrogen and oxygen atoms in total. The second-order valence-electron chi connectivity index (χ2n) is 8.19. The molecule has 0 radical (unpaired) electrons. The summed E-state index contributed by atoms with van der Waals surface area (Å²) in [6, 6.07) is 8.29. The van der Waals surface area contributed by atoms with Gasteiger partial charge in [-0.25, -0.2) is 0 Å². The molecule has 0 unspecified atom stereocenters. The number of anilines is 2. The fourth-order valence-corrected chi connectivity index (χ4v) is 4.17. The van der Waals surface area contributed by atoms with Crippen molar-refractivity contribution in [2.75, 3.05) is 29.1 Å². The van der Waals surface area contributed by atoms with Gasteiger partial charge in [0.2, 0.25) is 11.8 Å². The van der Waals surface area contributed by atoms with Crippen molar-refractivity contribution in [3.63, 3.8) is 0 Å². The number of nitrogens with one attached hydrogen (secondary N) is 2. The normalized spacial score (nSPS) is 17.0. The van der Waals surface area contributed by atoms with Crippen LogP contribution in [0, 0.1) is 5.92 Å². The van der Waals surface area contributed by atoms with Gasteiger partial charge < -0.3 is 15.5 Å². The van der Waals surface area contributed by atoms with E-state index in [2.05, 4.69) is 25.7 Å². The van der Waals surface area contributed by atoms with Crippen LogP contribution in [-0.4, -0.2) is 46.9 Å². The maximum absolute atomic E-state index is 12.6. The topological polar surface area (TPSA) is 87.2 Å². The van der Waals surface area contributed by atoms with Crippen LogP contribution in [-0.2, 0) is 15.8 Å². The van der Waals surface area contributed by atoms with E-state index in [9.17, 15) is 22.8 Å². The summed E-state index contributed by atoms with van der Waals surface area (Å²) in [4.78, 5) is 26.4. The van der Waals surface area contributed by atoms with Crippen LogP contribution in [0.4, 0.5) is 24.7 Å². The van der Waals surface area contributed by atoms with Crippen LogP contribution >= 0.6 is 11.8 Å². The molecule has 2 amide bonds. The third-order valence-corrected chi connectivity index (χ3v) is 6.51. The Kier molecular flexibility index (Phi) is 7.06. The zero-order valence-electron chi connectivity index (χ0n) is 17.8. The summed E-state index contributed by atoms with van der Waals surface area (Å²) in [5.74, 6) is 0.639. The number of piperidine rings is 1. The Hall–Kier alpha value is -2.82. The number of aromatic nitrogens is 2. The van der Waals surface area contributed by atoms with E-state index in [0.29, 0.717) is 16.8 Å². The molecule has 2 heterocycles. The van der Waals surface area contributed by atoms with Crippen molar-refractivity contribution in [2.45, 2.75) is 42.9 Å². The Morgan fingerprint density at radius 3 is 2.27 bits per heavy atom. The molecule has 0 spiro atoms. The number of rotatable bonds is 7. The van der Waals surface area contributed by atoms with Crippen LogP contribution in [0.15, 0.2) is 41.4 Å². The summed E-state index contributed by atoms with van der Waals surface area (Å²) in [5.41, 5.74) is -0.472. The predicted molar refractivity (Wildman–Crippen MR) is 119 cm³/mol. The van der Waals surface area contributed by atoms with Gasteiger partial charge in [0, 0.05) is 30.7 Å². The molecule has 0 bridgehead atoms. The highest BCUT2D eigenvalue weighted by Crippen LogP contribution is 2.30. The van der Waals surface area contributed by atoms with Gasteiger partial charge in [0.25, 0.3) is 0 Å². The number of hydrogen-bond acceptors (Lipinski definition) is 6. The number of hydrogen-bond donors (Lipinski definition) is 2. The van der Waals surface area contributed by atoms with Crippen LogP contribution in [0.3, 0.4) is 0 Å². The Morgan fingerprint density at radius 1 is 1.00 bits per heavy atom. The molecule has 1 saturated heterocycles. The highest BCUT2D eigenvalue weighted by atomic mass is 32.2. The van der Waals surface area contributed by atoms with E-state index in [0.717, 1.165) is 56.7 Å². The summed E-state index contributed by atoms with van der Waals surface area (Å²) in [7, 11) is 0. The third-order valence-electron chi connectivity index (χ3n) is 5.59. The highest BCUT2D eigenvalue weighted by molar-refractivity contribution is 7.99. The maximum atomic E-state index is 12.6. The summed E-state index contributed by atoms with van der Waals surface area (Å²) in [6.45, 7) is 1.47. The zero-order chi connectivity index (χ0) is 23.4. The molecule has 2 fully saturated rings. The first kappa shape index (κ1) is 23.3. The van der Waals surface area contributed by atoms with Gasteiger partial charge in [-0.05, 0) is 62.1 Å². The summed E-state index contributed by atoms with van der Waals surface area (Å²) >= 11 is 1.19. The largest absolute Gasteiger partial charge is 0.416 e. The van der Waals surface area contributed by atoms with E-state index < -0.39 is 11.7 Å².